The van der Waals surface area contributed by atoms with Crippen molar-refractivity contribution in [3.05, 3.63) is 65.2 Å². The predicted molar refractivity (Wildman–Crippen MR) is 99.1 cm³/mol. The topological polar surface area (TPSA) is 32.3 Å². The fraction of sp³-hybridized carbons (Fsp3) is 0.211. The first-order valence-electron chi connectivity index (χ1n) is 7.72. The number of nitrogens with zero attached hydrogens (tertiary/aromatic N) is 1. The van der Waals surface area contributed by atoms with Crippen LogP contribution in [0.2, 0.25) is 5.02 Å². The molecular weight excluding hydrogens is 308 g/mol. The van der Waals surface area contributed by atoms with Gasteiger partial charge in [0.25, 0.3) is 0 Å². The van der Waals surface area contributed by atoms with E-state index in [-0.39, 0.29) is 5.91 Å². The molecule has 0 atom stereocenters. The van der Waals surface area contributed by atoms with Crippen LogP contribution in [-0.4, -0.2) is 19.0 Å². The normalized spacial score (nSPS) is 10.7. The molecule has 1 amide bonds. The lowest BCUT2D eigenvalue weighted by molar-refractivity contribution is -0.111. The minimum absolute atomic E-state index is 0.157. The van der Waals surface area contributed by atoms with Crippen molar-refractivity contribution in [3.8, 4) is 0 Å². The molecule has 0 fully saturated rings. The second-order valence-corrected chi connectivity index (χ2v) is 5.53. The van der Waals surface area contributed by atoms with E-state index in [1.54, 1.807) is 18.2 Å². The number of rotatable bonds is 6. The van der Waals surface area contributed by atoms with E-state index < -0.39 is 0 Å². The summed E-state index contributed by atoms with van der Waals surface area (Å²) >= 11 is 5.83. The highest BCUT2D eigenvalue weighted by Gasteiger charge is 2.02. The van der Waals surface area contributed by atoms with Gasteiger partial charge in [-0.25, -0.2) is 0 Å². The molecule has 2 aromatic carbocycles. The summed E-state index contributed by atoms with van der Waals surface area (Å²) in [6.07, 6.45) is 3.28. The van der Waals surface area contributed by atoms with Gasteiger partial charge < -0.3 is 10.2 Å². The summed E-state index contributed by atoms with van der Waals surface area (Å²) in [6.45, 7) is 6.18. The largest absolute Gasteiger partial charge is 0.372 e. The van der Waals surface area contributed by atoms with Gasteiger partial charge in [-0.1, -0.05) is 23.7 Å². The van der Waals surface area contributed by atoms with Crippen LogP contribution in [0.1, 0.15) is 19.4 Å². The van der Waals surface area contributed by atoms with E-state index in [0.29, 0.717) is 5.02 Å². The van der Waals surface area contributed by atoms with Crippen LogP contribution in [0.25, 0.3) is 6.08 Å². The third-order valence-electron chi connectivity index (χ3n) is 3.56. The molecule has 0 saturated carbocycles. The van der Waals surface area contributed by atoms with Gasteiger partial charge in [0.15, 0.2) is 0 Å². The lowest BCUT2D eigenvalue weighted by Gasteiger charge is -2.21. The lowest BCUT2D eigenvalue weighted by Crippen LogP contribution is -2.21. The van der Waals surface area contributed by atoms with Gasteiger partial charge in [-0.05, 0) is 61.9 Å². The summed E-state index contributed by atoms with van der Waals surface area (Å²) in [5.74, 6) is -0.157. The van der Waals surface area contributed by atoms with Crippen molar-refractivity contribution >= 4 is 35.0 Å². The molecule has 1 N–H and O–H groups in total. The first-order chi connectivity index (χ1) is 11.1. The summed E-state index contributed by atoms with van der Waals surface area (Å²) < 4.78 is 0. The Bertz CT molecular complexity index is 659. The quantitative estimate of drug-likeness (QED) is 0.770. The Morgan fingerprint density at radius 1 is 1.04 bits per heavy atom. The van der Waals surface area contributed by atoms with Crippen LogP contribution >= 0.6 is 11.6 Å². The highest BCUT2D eigenvalue weighted by atomic mass is 35.5. The zero-order valence-corrected chi connectivity index (χ0v) is 14.2. The van der Waals surface area contributed by atoms with Crippen LogP contribution in [-0.2, 0) is 4.79 Å². The molecule has 120 valence electrons. The smallest absolute Gasteiger partial charge is 0.248 e. The van der Waals surface area contributed by atoms with Gasteiger partial charge in [0.1, 0.15) is 0 Å². The molecule has 0 aromatic heterocycles. The average Bonchev–Trinajstić information content (AvgIpc) is 2.57. The van der Waals surface area contributed by atoms with Crippen LogP contribution in [0, 0.1) is 0 Å². The van der Waals surface area contributed by atoms with Crippen LogP contribution in [0.4, 0.5) is 11.4 Å². The number of benzene rings is 2. The van der Waals surface area contributed by atoms with Crippen molar-refractivity contribution in [2.75, 3.05) is 23.3 Å². The van der Waals surface area contributed by atoms with Gasteiger partial charge in [-0.15, -0.1) is 0 Å². The lowest BCUT2D eigenvalue weighted by atomic mass is 10.2. The molecule has 4 heteroatoms. The molecule has 2 rings (SSSR count). The van der Waals surface area contributed by atoms with Crippen LogP contribution in [0.15, 0.2) is 54.6 Å². The summed E-state index contributed by atoms with van der Waals surface area (Å²) in [6, 6.07) is 15.2. The van der Waals surface area contributed by atoms with E-state index in [0.717, 1.165) is 30.0 Å². The Morgan fingerprint density at radius 3 is 2.22 bits per heavy atom. The Morgan fingerprint density at radius 2 is 1.65 bits per heavy atom. The number of carbonyl (C=O) groups is 1. The van der Waals surface area contributed by atoms with Gasteiger partial charge in [0.05, 0.1) is 0 Å². The molecule has 0 unspecified atom stereocenters. The second-order valence-electron chi connectivity index (χ2n) is 5.09. The number of anilines is 2. The van der Waals surface area contributed by atoms with E-state index in [1.807, 2.05) is 36.4 Å². The van der Waals surface area contributed by atoms with Gasteiger partial charge >= 0.3 is 0 Å². The van der Waals surface area contributed by atoms with Gasteiger partial charge in [0.2, 0.25) is 5.91 Å². The monoisotopic (exact) mass is 328 g/mol. The maximum absolute atomic E-state index is 11.9. The Hall–Kier alpha value is -2.26. The summed E-state index contributed by atoms with van der Waals surface area (Å²) in [7, 11) is 0. The van der Waals surface area contributed by atoms with Crippen molar-refractivity contribution < 1.29 is 4.79 Å². The number of amides is 1. The molecule has 2 aromatic rings. The third-order valence-corrected chi connectivity index (χ3v) is 3.81. The number of nitrogens with one attached hydrogen (secondary N) is 1. The first kappa shape index (κ1) is 17.1. The highest BCUT2D eigenvalue weighted by Crippen LogP contribution is 2.18. The standard InChI is InChI=1S/C19H21ClN2O/c1-3-22(4-2)18-12-10-17(11-13-18)21-19(23)14-7-15-5-8-16(20)9-6-15/h5-14H,3-4H2,1-2H3,(H,21,23)/b14-7+. The SMILES string of the molecule is CCN(CC)c1ccc(NC(=O)/C=C/c2ccc(Cl)cc2)cc1. The molecule has 0 heterocycles. The molecule has 0 saturated heterocycles. The predicted octanol–water partition coefficient (Wildman–Crippen LogP) is 4.84. The molecule has 0 aliphatic carbocycles. The number of hydrogen-bond donors (Lipinski definition) is 1. The van der Waals surface area contributed by atoms with E-state index >= 15 is 0 Å². The first-order valence-corrected chi connectivity index (χ1v) is 8.09. The average molecular weight is 329 g/mol. The van der Waals surface area contributed by atoms with Crippen molar-refractivity contribution in [3.63, 3.8) is 0 Å². The zero-order chi connectivity index (χ0) is 16.7. The van der Waals surface area contributed by atoms with E-state index in [4.69, 9.17) is 11.6 Å². The van der Waals surface area contributed by atoms with Gasteiger partial charge in [0, 0.05) is 35.6 Å². The minimum atomic E-state index is -0.157. The van der Waals surface area contributed by atoms with E-state index in [9.17, 15) is 4.79 Å². The van der Waals surface area contributed by atoms with Crippen LogP contribution in [0.5, 0.6) is 0 Å². The van der Waals surface area contributed by atoms with Crippen LogP contribution < -0.4 is 10.2 Å². The van der Waals surface area contributed by atoms with E-state index in [2.05, 4.69) is 24.1 Å². The highest BCUT2D eigenvalue weighted by molar-refractivity contribution is 6.30. The number of hydrogen-bond acceptors (Lipinski definition) is 2. The zero-order valence-electron chi connectivity index (χ0n) is 13.4. The Balaban J connectivity index is 1.96. The molecule has 0 radical (unpaired) electrons. The molecule has 0 aliphatic heterocycles. The van der Waals surface area contributed by atoms with Crippen molar-refractivity contribution in [2.45, 2.75) is 13.8 Å². The Kier molecular flexibility index (Phi) is 6.24. The molecule has 0 aliphatic rings. The maximum Gasteiger partial charge on any atom is 0.248 e. The summed E-state index contributed by atoms with van der Waals surface area (Å²) in [5, 5.41) is 3.54. The fourth-order valence-corrected chi connectivity index (χ4v) is 2.40. The summed E-state index contributed by atoms with van der Waals surface area (Å²) in [4.78, 5) is 14.2. The molecule has 23 heavy (non-hydrogen) atoms. The second kappa shape index (κ2) is 8.39. The van der Waals surface area contributed by atoms with Crippen molar-refractivity contribution in [1.82, 2.24) is 0 Å². The van der Waals surface area contributed by atoms with Crippen LogP contribution in [0.3, 0.4) is 0 Å². The van der Waals surface area contributed by atoms with E-state index in [1.165, 1.54) is 6.08 Å². The van der Waals surface area contributed by atoms with Gasteiger partial charge in [-0.3, -0.25) is 4.79 Å². The fourth-order valence-electron chi connectivity index (χ4n) is 2.27. The third kappa shape index (κ3) is 5.15. The maximum atomic E-state index is 11.9. The van der Waals surface area contributed by atoms with Crippen molar-refractivity contribution in [1.29, 1.82) is 0 Å². The molecular formula is C19H21ClN2O. The number of carbonyl (C=O) groups excluding carboxylic acids is 1. The minimum Gasteiger partial charge on any atom is -0.372 e. The molecule has 0 bridgehead atoms. The number of halogens is 1. The van der Waals surface area contributed by atoms with Crippen molar-refractivity contribution in [2.24, 2.45) is 0 Å². The Labute approximate surface area is 142 Å². The van der Waals surface area contributed by atoms with Gasteiger partial charge in [-0.2, -0.15) is 0 Å². The molecule has 3 nitrogen and oxygen atoms in total. The summed E-state index contributed by atoms with van der Waals surface area (Å²) in [5.41, 5.74) is 2.87. The molecule has 0 spiro atoms.